The van der Waals surface area contributed by atoms with E-state index in [-0.39, 0.29) is 6.04 Å². The van der Waals surface area contributed by atoms with Gasteiger partial charge in [-0.1, -0.05) is 0 Å². The molecular formula is C14H25N3S. The van der Waals surface area contributed by atoms with Gasteiger partial charge in [-0.25, -0.2) is 0 Å². The summed E-state index contributed by atoms with van der Waals surface area (Å²) in [6, 6.07) is 3.44. The molecule has 0 aromatic carbocycles. The molecule has 18 heavy (non-hydrogen) atoms. The van der Waals surface area contributed by atoms with Gasteiger partial charge in [-0.15, -0.1) is 0 Å². The highest BCUT2D eigenvalue weighted by Crippen LogP contribution is 2.32. The van der Waals surface area contributed by atoms with Crippen LogP contribution in [0.1, 0.15) is 31.4 Å². The van der Waals surface area contributed by atoms with E-state index in [1.54, 1.807) is 11.3 Å². The molecule has 0 saturated carbocycles. The van der Waals surface area contributed by atoms with E-state index in [2.05, 4.69) is 47.6 Å². The number of nitrogens with two attached hydrogens (primary N) is 1. The normalized spacial score (nSPS) is 24.6. The number of thiophene rings is 1. The maximum absolute atomic E-state index is 6.25. The van der Waals surface area contributed by atoms with Crippen LogP contribution in [0.15, 0.2) is 16.8 Å². The van der Waals surface area contributed by atoms with E-state index in [4.69, 9.17) is 5.73 Å². The van der Waals surface area contributed by atoms with Crippen LogP contribution in [0.3, 0.4) is 0 Å². The third-order valence-corrected chi connectivity index (χ3v) is 4.44. The zero-order chi connectivity index (χ0) is 13.1. The Kier molecular flexibility index (Phi) is 4.78. The monoisotopic (exact) mass is 267 g/mol. The van der Waals surface area contributed by atoms with Crippen LogP contribution in [-0.2, 0) is 0 Å². The topological polar surface area (TPSA) is 32.5 Å². The third kappa shape index (κ3) is 3.12. The van der Waals surface area contributed by atoms with Crippen LogP contribution in [0.25, 0.3) is 0 Å². The Morgan fingerprint density at radius 3 is 2.89 bits per heavy atom. The van der Waals surface area contributed by atoms with E-state index < -0.39 is 0 Å². The largest absolute Gasteiger partial charge is 0.326 e. The van der Waals surface area contributed by atoms with E-state index in [1.165, 1.54) is 24.9 Å². The summed E-state index contributed by atoms with van der Waals surface area (Å²) >= 11 is 1.77. The molecule has 2 rings (SSSR count). The summed E-state index contributed by atoms with van der Waals surface area (Å²) in [6.07, 6.45) is 2.59. The number of hydrogen-bond acceptors (Lipinski definition) is 4. The minimum Gasteiger partial charge on any atom is -0.326 e. The molecule has 0 bridgehead atoms. The van der Waals surface area contributed by atoms with Crippen LogP contribution in [0, 0.1) is 0 Å². The highest BCUT2D eigenvalue weighted by atomic mass is 32.1. The van der Waals surface area contributed by atoms with Crippen molar-refractivity contribution in [1.29, 1.82) is 0 Å². The second kappa shape index (κ2) is 6.15. The first kappa shape index (κ1) is 14.0. The van der Waals surface area contributed by atoms with Crippen molar-refractivity contribution in [3.8, 4) is 0 Å². The molecule has 102 valence electrons. The van der Waals surface area contributed by atoms with Gasteiger partial charge in [0.05, 0.1) is 6.04 Å². The van der Waals surface area contributed by atoms with E-state index in [1.807, 2.05) is 0 Å². The zero-order valence-corrected chi connectivity index (χ0v) is 12.5. The van der Waals surface area contributed by atoms with Crippen LogP contribution < -0.4 is 5.73 Å². The average molecular weight is 267 g/mol. The zero-order valence-electron chi connectivity index (χ0n) is 11.7. The lowest BCUT2D eigenvalue weighted by molar-refractivity contribution is 0.137. The van der Waals surface area contributed by atoms with Gasteiger partial charge in [0, 0.05) is 18.6 Å². The lowest BCUT2D eigenvalue weighted by Gasteiger charge is -2.36. The molecule has 1 saturated heterocycles. The maximum atomic E-state index is 6.25. The van der Waals surface area contributed by atoms with E-state index >= 15 is 0 Å². The number of likely N-dealkylation sites (N-methyl/N-ethyl adjacent to an activating group) is 1. The van der Waals surface area contributed by atoms with Crippen molar-refractivity contribution in [3.63, 3.8) is 0 Å². The van der Waals surface area contributed by atoms with Gasteiger partial charge in [0.15, 0.2) is 0 Å². The van der Waals surface area contributed by atoms with Gasteiger partial charge in [-0.05, 0) is 62.8 Å². The molecular weight excluding hydrogens is 242 g/mol. The molecule has 0 aliphatic carbocycles. The van der Waals surface area contributed by atoms with Crippen LogP contribution >= 0.6 is 11.3 Å². The molecule has 4 heteroatoms. The highest BCUT2D eigenvalue weighted by molar-refractivity contribution is 7.07. The molecule has 3 unspecified atom stereocenters. The van der Waals surface area contributed by atoms with Crippen LogP contribution in [0.4, 0.5) is 0 Å². The second-order valence-electron chi connectivity index (χ2n) is 5.66. The van der Waals surface area contributed by atoms with Gasteiger partial charge in [0.2, 0.25) is 0 Å². The Morgan fingerprint density at radius 1 is 1.56 bits per heavy atom. The van der Waals surface area contributed by atoms with Gasteiger partial charge in [-0.3, -0.25) is 4.90 Å². The molecule has 1 aliphatic heterocycles. The van der Waals surface area contributed by atoms with Crippen molar-refractivity contribution in [3.05, 3.63) is 22.4 Å². The standard InChI is InChI=1S/C14H25N3S/c1-11(15)14(12-6-8-18-10-12)17-7-4-5-13(17)9-16(2)3/h6,8,10-11,13-14H,4-5,7,9,15H2,1-3H3. The molecule has 3 atom stereocenters. The highest BCUT2D eigenvalue weighted by Gasteiger charge is 2.33. The van der Waals surface area contributed by atoms with Crippen LogP contribution in [-0.4, -0.2) is 49.1 Å². The fraction of sp³-hybridized carbons (Fsp3) is 0.714. The van der Waals surface area contributed by atoms with Gasteiger partial charge in [-0.2, -0.15) is 11.3 Å². The van der Waals surface area contributed by atoms with E-state index in [0.717, 1.165) is 6.54 Å². The Morgan fingerprint density at radius 2 is 2.33 bits per heavy atom. The summed E-state index contributed by atoms with van der Waals surface area (Å²) in [4.78, 5) is 4.90. The molecule has 0 radical (unpaired) electrons. The number of rotatable bonds is 5. The molecule has 1 aliphatic rings. The minimum absolute atomic E-state index is 0.183. The van der Waals surface area contributed by atoms with Crippen molar-refractivity contribution in [2.75, 3.05) is 27.2 Å². The molecule has 1 aromatic heterocycles. The Bertz CT molecular complexity index is 348. The predicted molar refractivity (Wildman–Crippen MR) is 79.0 cm³/mol. The Labute approximate surface area is 115 Å². The smallest absolute Gasteiger partial charge is 0.0508 e. The summed E-state index contributed by atoms with van der Waals surface area (Å²) in [5.74, 6) is 0. The van der Waals surface area contributed by atoms with Gasteiger partial charge >= 0.3 is 0 Å². The molecule has 1 fully saturated rings. The van der Waals surface area contributed by atoms with Crippen molar-refractivity contribution in [2.45, 2.75) is 37.9 Å². The molecule has 0 amide bonds. The third-order valence-electron chi connectivity index (χ3n) is 3.74. The second-order valence-corrected chi connectivity index (χ2v) is 6.44. The first-order chi connectivity index (χ1) is 8.59. The first-order valence-electron chi connectivity index (χ1n) is 6.77. The van der Waals surface area contributed by atoms with Crippen LogP contribution in [0.2, 0.25) is 0 Å². The summed E-state index contributed by atoms with van der Waals surface area (Å²) in [5.41, 5.74) is 7.64. The van der Waals surface area contributed by atoms with E-state index in [0.29, 0.717) is 12.1 Å². The quantitative estimate of drug-likeness (QED) is 0.887. The van der Waals surface area contributed by atoms with Crippen molar-refractivity contribution >= 4 is 11.3 Å². The van der Waals surface area contributed by atoms with Gasteiger partial charge in [0.1, 0.15) is 0 Å². The molecule has 2 N–H and O–H groups in total. The fourth-order valence-corrected chi connectivity index (χ4v) is 3.77. The summed E-state index contributed by atoms with van der Waals surface area (Å²) < 4.78 is 0. The van der Waals surface area contributed by atoms with Gasteiger partial charge < -0.3 is 10.6 Å². The average Bonchev–Trinajstić information content (AvgIpc) is 2.90. The van der Waals surface area contributed by atoms with Crippen molar-refractivity contribution < 1.29 is 0 Å². The molecule has 2 heterocycles. The Hall–Kier alpha value is -0.420. The summed E-state index contributed by atoms with van der Waals surface area (Å²) in [7, 11) is 4.31. The van der Waals surface area contributed by atoms with Crippen molar-refractivity contribution in [1.82, 2.24) is 9.80 Å². The minimum atomic E-state index is 0.183. The molecule has 3 nitrogen and oxygen atoms in total. The SMILES string of the molecule is CC(N)C(c1ccsc1)N1CCCC1CN(C)C. The number of nitrogens with zero attached hydrogens (tertiary/aromatic N) is 2. The van der Waals surface area contributed by atoms with Gasteiger partial charge in [0.25, 0.3) is 0 Å². The Balaban J connectivity index is 2.15. The predicted octanol–water partition coefficient (Wildman–Crippen LogP) is 2.16. The molecule has 0 spiro atoms. The summed E-state index contributed by atoms with van der Waals surface area (Å²) in [5, 5.41) is 4.40. The lowest BCUT2D eigenvalue weighted by atomic mass is 10.0. The fourth-order valence-electron chi connectivity index (χ4n) is 3.08. The molecule has 1 aromatic rings. The number of hydrogen-bond donors (Lipinski definition) is 1. The van der Waals surface area contributed by atoms with E-state index in [9.17, 15) is 0 Å². The van der Waals surface area contributed by atoms with Crippen molar-refractivity contribution in [2.24, 2.45) is 5.73 Å². The van der Waals surface area contributed by atoms with Crippen LogP contribution in [0.5, 0.6) is 0 Å². The lowest BCUT2D eigenvalue weighted by Crippen LogP contribution is -2.45. The summed E-state index contributed by atoms with van der Waals surface area (Å²) in [6.45, 7) is 4.45. The first-order valence-corrected chi connectivity index (χ1v) is 7.72. The number of likely N-dealkylation sites (tertiary alicyclic amines) is 1. The maximum Gasteiger partial charge on any atom is 0.0508 e.